The minimum atomic E-state index is -0.424. The first-order valence-corrected chi connectivity index (χ1v) is 6.34. The number of esters is 1. The van der Waals surface area contributed by atoms with E-state index in [1.165, 1.54) is 7.11 Å². The molecule has 0 saturated carbocycles. The molecule has 0 aliphatic heterocycles. The molecule has 0 radical (unpaired) electrons. The predicted octanol–water partition coefficient (Wildman–Crippen LogP) is 1.23. The third-order valence-electron chi connectivity index (χ3n) is 2.46. The normalized spacial score (nSPS) is 11.9. The monoisotopic (exact) mass is 267 g/mol. The van der Waals surface area contributed by atoms with Crippen molar-refractivity contribution in [3.8, 4) is 5.75 Å². The lowest BCUT2D eigenvalue weighted by molar-refractivity contribution is -0.144. The molecule has 0 amide bonds. The Hall–Kier alpha value is -1.59. The van der Waals surface area contributed by atoms with Crippen molar-refractivity contribution < 1.29 is 19.0 Å². The Kier molecular flexibility index (Phi) is 7.62. The van der Waals surface area contributed by atoms with E-state index >= 15 is 0 Å². The topological polar surface area (TPSA) is 56.8 Å². The van der Waals surface area contributed by atoms with Gasteiger partial charge in [-0.2, -0.15) is 0 Å². The van der Waals surface area contributed by atoms with Gasteiger partial charge in [0.25, 0.3) is 0 Å². The van der Waals surface area contributed by atoms with Gasteiger partial charge in [0.1, 0.15) is 18.4 Å². The second-order valence-corrected chi connectivity index (χ2v) is 3.87. The van der Waals surface area contributed by atoms with Crippen LogP contribution in [0.2, 0.25) is 0 Å². The van der Waals surface area contributed by atoms with Gasteiger partial charge in [-0.25, -0.2) is 0 Å². The summed E-state index contributed by atoms with van der Waals surface area (Å²) in [6, 6.07) is 9.10. The van der Waals surface area contributed by atoms with Crippen LogP contribution in [0.3, 0.4) is 0 Å². The van der Waals surface area contributed by atoms with Crippen LogP contribution in [0.15, 0.2) is 30.3 Å². The third kappa shape index (κ3) is 6.22. The summed E-state index contributed by atoms with van der Waals surface area (Å²) in [4.78, 5) is 11.4. The number of likely N-dealkylation sites (N-methyl/N-ethyl adjacent to an activating group) is 1. The Labute approximate surface area is 113 Å². The molecule has 5 nitrogen and oxygen atoms in total. The molecular weight excluding hydrogens is 246 g/mol. The summed E-state index contributed by atoms with van der Waals surface area (Å²) >= 11 is 0. The van der Waals surface area contributed by atoms with Gasteiger partial charge in [-0.15, -0.1) is 0 Å². The summed E-state index contributed by atoms with van der Waals surface area (Å²) in [6.45, 7) is 3.76. The van der Waals surface area contributed by atoms with Crippen LogP contribution in [0.5, 0.6) is 5.75 Å². The Balaban J connectivity index is 2.16. The fourth-order valence-corrected chi connectivity index (χ4v) is 1.54. The Morgan fingerprint density at radius 3 is 2.63 bits per heavy atom. The van der Waals surface area contributed by atoms with E-state index in [0.29, 0.717) is 19.8 Å². The fraction of sp³-hybridized carbons (Fsp3) is 0.500. The molecule has 0 aromatic heterocycles. The summed E-state index contributed by atoms with van der Waals surface area (Å²) in [5, 5.41) is 3.00. The van der Waals surface area contributed by atoms with E-state index in [2.05, 4.69) is 10.1 Å². The van der Waals surface area contributed by atoms with Crippen molar-refractivity contribution in [3.63, 3.8) is 0 Å². The highest BCUT2D eigenvalue weighted by molar-refractivity contribution is 5.75. The molecule has 0 spiro atoms. The first-order valence-electron chi connectivity index (χ1n) is 6.34. The van der Waals surface area contributed by atoms with Gasteiger partial charge in [-0.3, -0.25) is 4.79 Å². The molecule has 1 atom stereocenters. The van der Waals surface area contributed by atoms with Crippen LogP contribution >= 0.6 is 0 Å². The second-order valence-electron chi connectivity index (χ2n) is 3.87. The van der Waals surface area contributed by atoms with E-state index in [1.54, 1.807) is 0 Å². The number of carbonyl (C=O) groups excluding carboxylic acids is 1. The number of carbonyl (C=O) groups is 1. The Morgan fingerprint density at radius 1 is 1.26 bits per heavy atom. The quantitative estimate of drug-likeness (QED) is 0.539. The van der Waals surface area contributed by atoms with Gasteiger partial charge in [0.05, 0.1) is 20.3 Å². The highest BCUT2D eigenvalue weighted by Crippen LogP contribution is 2.07. The summed E-state index contributed by atoms with van der Waals surface area (Å²) in [7, 11) is 1.37. The molecule has 19 heavy (non-hydrogen) atoms. The van der Waals surface area contributed by atoms with Crippen molar-refractivity contribution in [2.45, 2.75) is 13.0 Å². The lowest BCUT2D eigenvalue weighted by atomic mass is 10.3. The summed E-state index contributed by atoms with van der Waals surface area (Å²) in [5.74, 6) is 0.494. The molecule has 1 aromatic rings. The minimum absolute atomic E-state index is 0.276. The van der Waals surface area contributed by atoms with E-state index in [-0.39, 0.29) is 12.6 Å². The van der Waals surface area contributed by atoms with Gasteiger partial charge in [0.15, 0.2) is 0 Å². The Bertz CT molecular complexity index is 356. The molecule has 1 rings (SSSR count). The van der Waals surface area contributed by atoms with Gasteiger partial charge in [-0.05, 0) is 18.7 Å². The highest BCUT2D eigenvalue weighted by atomic mass is 16.5. The number of hydrogen-bond donors (Lipinski definition) is 1. The van der Waals surface area contributed by atoms with Crippen LogP contribution in [0.4, 0.5) is 0 Å². The number of methoxy groups -OCH3 is 1. The van der Waals surface area contributed by atoms with Crippen molar-refractivity contribution in [1.82, 2.24) is 5.32 Å². The maximum Gasteiger partial charge on any atom is 0.325 e. The lowest BCUT2D eigenvalue weighted by Crippen LogP contribution is -2.41. The maximum absolute atomic E-state index is 11.4. The number of ether oxygens (including phenoxy) is 3. The van der Waals surface area contributed by atoms with E-state index in [9.17, 15) is 4.79 Å². The van der Waals surface area contributed by atoms with E-state index in [0.717, 1.165) is 5.75 Å². The predicted molar refractivity (Wildman–Crippen MR) is 72.2 cm³/mol. The van der Waals surface area contributed by atoms with E-state index in [4.69, 9.17) is 9.47 Å². The average molecular weight is 267 g/mol. The molecule has 106 valence electrons. The van der Waals surface area contributed by atoms with Crippen LogP contribution < -0.4 is 10.1 Å². The van der Waals surface area contributed by atoms with Crippen molar-refractivity contribution in [3.05, 3.63) is 30.3 Å². The van der Waals surface area contributed by atoms with Crippen molar-refractivity contribution in [1.29, 1.82) is 0 Å². The molecule has 0 heterocycles. The molecule has 5 heteroatoms. The lowest BCUT2D eigenvalue weighted by Gasteiger charge is -2.15. The molecule has 0 aliphatic carbocycles. The Morgan fingerprint density at radius 2 is 2.00 bits per heavy atom. The number of para-hydroxylation sites is 1. The van der Waals surface area contributed by atoms with Crippen LogP contribution in [0, 0.1) is 0 Å². The first-order chi connectivity index (χ1) is 9.27. The van der Waals surface area contributed by atoms with Gasteiger partial charge in [0.2, 0.25) is 0 Å². The molecule has 0 bridgehead atoms. The number of benzene rings is 1. The number of hydrogen-bond acceptors (Lipinski definition) is 5. The summed E-state index contributed by atoms with van der Waals surface area (Å²) in [6.07, 6.45) is 0. The fourth-order valence-electron chi connectivity index (χ4n) is 1.54. The maximum atomic E-state index is 11.4. The number of nitrogens with one attached hydrogen (secondary N) is 1. The molecule has 1 N–H and O–H groups in total. The van der Waals surface area contributed by atoms with Gasteiger partial charge < -0.3 is 19.5 Å². The average Bonchev–Trinajstić information content (AvgIpc) is 2.46. The zero-order chi connectivity index (χ0) is 13.9. The van der Waals surface area contributed by atoms with E-state index < -0.39 is 6.04 Å². The smallest absolute Gasteiger partial charge is 0.325 e. The first kappa shape index (κ1) is 15.5. The van der Waals surface area contributed by atoms with Gasteiger partial charge >= 0.3 is 5.97 Å². The van der Waals surface area contributed by atoms with Crippen LogP contribution in [-0.4, -0.2) is 45.5 Å². The molecule has 0 saturated heterocycles. The zero-order valence-electron chi connectivity index (χ0n) is 11.4. The zero-order valence-corrected chi connectivity index (χ0v) is 11.4. The molecular formula is C14H21NO4. The minimum Gasteiger partial charge on any atom is -0.491 e. The number of rotatable bonds is 9. The SMILES string of the molecule is CCNC(COCCOc1ccccc1)C(=O)OC. The van der Waals surface area contributed by atoms with Gasteiger partial charge in [-0.1, -0.05) is 25.1 Å². The van der Waals surface area contributed by atoms with Crippen molar-refractivity contribution in [2.75, 3.05) is 33.5 Å². The highest BCUT2D eigenvalue weighted by Gasteiger charge is 2.17. The molecule has 1 aromatic carbocycles. The largest absolute Gasteiger partial charge is 0.491 e. The standard InChI is InChI=1S/C14H21NO4/c1-3-15-13(14(16)17-2)11-18-9-10-19-12-7-5-4-6-8-12/h4-8,13,15H,3,9-11H2,1-2H3. The van der Waals surface area contributed by atoms with E-state index in [1.807, 2.05) is 37.3 Å². The molecule has 1 unspecified atom stereocenters. The molecule has 0 fully saturated rings. The second kappa shape index (κ2) is 9.35. The van der Waals surface area contributed by atoms with Crippen LogP contribution in [-0.2, 0) is 14.3 Å². The summed E-state index contributed by atoms with van der Waals surface area (Å²) < 4.78 is 15.6. The summed E-state index contributed by atoms with van der Waals surface area (Å²) in [5.41, 5.74) is 0. The van der Waals surface area contributed by atoms with Gasteiger partial charge in [0, 0.05) is 0 Å². The molecule has 0 aliphatic rings. The van der Waals surface area contributed by atoms with Crippen LogP contribution in [0.25, 0.3) is 0 Å². The van der Waals surface area contributed by atoms with Crippen molar-refractivity contribution in [2.24, 2.45) is 0 Å². The van der Waals surface area contributed by atoms with Crippen LogP contribution in [0.1, 0.15) is 6.92 Å². The van der Waals surface area contributed by atoms with Crippen molar-refractivity contribution >= 4 is 5.97 Å². The third-order valence-corrected chi connectivity index (χ3v) is 2.46.